The third-order valence-corrected chi connectivity index (χ3v) is 8.76. The van der Waals surface area contributed by atoms with Crippen LogP contribution in [0.4, 0.5) is 18.9 Å². The number of ether oxygens (including phenoxy) is 2. The molecule has 1 N–H and O–H groups in total. The maximum atomic E-state index is 13.5. The number of amides is 1. The van der Waals surface area contributed by atoms with Crippen molar-refractivity contribution >= 4 is 72.2 Å². The van der Waals surface area contributed by atoms with Gasteiger partial charge in [0, 0.05) is 26.3 Å². The average molecular weight is 765 g/mol. The Balaban J connectivity index is 1.50. The Morgan fingerprint density at radius 3 is 2.49 bits per heavy atom. The van der Waals surface area contributed by atoms with Crippen LogP contribution in [0.25, 0.3) is 22.3 Å². The Kier molecular flexibility index (Phi) is 9.61. The van der Waals surface area contributed by atoms with Crippen molar-refractivity contribution in [3.63, 3.8) is 0 Å². The van der Waals surface area contributed by atoms with Crippen molar-refractivity contribution in [1.82, 2.24) is 9.66 Å². The number of fused-ring (bicyclic) bond motifs is 1. The standard InChI is InChI=1S/C31H20Br2ClF3N4O4/c1-44-24-14-18(26(32)27(33)28(24)45-16-25(42)39-21-11-9-20(34)10-12-21)15-38-41-29(17-5-4-6-19(13-17)31(35,36)37)40-23-8-3-2-7-22(23)30(41)43/h2-15H,16H2,1H3,(H,39,42). The number of para-hydroxylation sites is 1. The number of carbonyl (C=O) groups is 1. The first-order valence-electron chi connectivity index (χ1n) is 12.9. The summed E-state index contributed by atoms with van der Waals surface area (Å²) in [6, 6.07) is 19.1. The summed E-state index contributed by atoms with van der Waals surface area (Å²) >= 11 is 12.8. The molecule has 0 atom stereocenters. The second-order valence-corrected chi connectivity index (χ2v) is 11.4. The van der Waals surface area contributed by atoms with Crippen molar-refractivity contribution in [3.05, 3.63) is 114 Å². The molecule has 0 bridgehead atoms. The number of nitrogens with zero attached hydrogens (tertiary/aromatic N) is 3. The number of methoxy groups -OCH3 is 1. The summed E-state index contributed by atoms with van der Waals surface area (Å²) in [7, 11) is 1.40. The van der Waals surface area contributed by atoms with Gasteiger partial charge in [-0.05, 0) is 86.5 Å². The monoisotopic (exact) mass is 762 g/mol. The number of anilines is 1. The molecule has 4 aromatic carbocycles. The number of nitrogens with one attached hydrogen (secondary N) is 1. The van der Waals surface area contributed by atoms with E-state index in [9.17, 15) is 22.8 Å². The number of benzene rings is 4. The molecule has 0 aliphatic carbocycles. The van der Waals surface area contributed by atoms with Gasteiger partial charge in [0.25, 0.3) is 11.5 Å². The molecule has 8 nitrogen and oxygen atoms in total. The topological polar surface area (TPSA) is 94.8 Å². The van der Waals surface area contributed by atoms with Crippen LogP contribution in [-0.2, 0) is 11.0 Å². The Morgan fingerprint density at radius 2 is 1.78 bits per heavy atom. The first kappa shape index (κ1) is 32.2. The van der Waals surface area contributed by atoms with E-state index in [0.29, 0.717) is 30.7 Å². The van der Waals surface area contributed by atoms with Gasteiger partial charge in [-0.2, -0.15) is 22.9 Å². The number of halogens is 6. The van der Waals surface area contributed by atoms with E-state index in [1.165, 1.54) is 25.5 Å². The number of carbonyl (C=O) groups excluding carboxylic acids is 1. The maximum Gasteiger partial charge on any atom is 0.416 e. The predicted octanol–water partition coefficient (Wildman–Crippen LogP) is 8.17. The lowest BCUT2D eigenvalue weighted by Crippen LogP contribution is -2.21. The molecule has 0 unspecified atom stereocenters. The zero-order chi connectivity index (χ0) is 32.3. The molecule has 0 spiro atoms. The van der Waals surface area contributed by atoms with E-state index in [-0.39, 0.29) is 34.9 Å². The van der Waals surface area contributed by atoms with E-state index >= 15 is 0 Å². The van der Waals surface area contributed by atoms with Crippen LogP contribution in [-0.4, -0.2) is 35.5 Å². The minimum atomic E-state index is -4.60. The van der Waals surface area contributed by atoms with Crippen LogP contribution in [0, 0.1) is 0 Å². The number of alkyl halides is 3. The van der Waals surface area contributed by atoms with Crippen LogP contribution in [0.2, 0.25) is 5.02 Å². The highest BCUT2D eigenvalue weighted by molar-refractivity contribution is 9.13. The van der Waals surface area contributed by atoms with Crippen molar-refractivity contribution in [2.45, 2.75) is 6.18 Å². The van der Waals surface area contributed by atoms with Gasteiger partial charge in [-0.15, -0.1) is 0 Å². The van der Waals surface area contributed by atoms with E-state index < -0.39 is 23.2 Å². The molecular weight excluding hydrogens is 745 g/mol. The third kappa shape index (κ3) is 7.21. The third-order valence-electron chi connectivity index (χ3n) is 6.37. The van der Waals surface area contributed by atoms with Gasteiger partial charge in [0.15, 0.2) is 23.9 Å². The zero-order valence-corrected chi connectivity index (χ0v) is 27.0. The van der Waals surface area contributed by atoms with Crippen LogP contribution >= 0.6 is 43.5 Å². The van der Waals surface area contributed by atoms with E-state index in [0.717, 1.165) is 16.8 Å². The van der Waals surface area contributed by atoms with E-state index in [1.807, 2.05) is 0 Å². The van der Waals surface area contributed by atoms with Gasteiger partial charge < -0.3 is 14.8 Å². The second kappa shape index (κ2) is 13.4. The minimum absolute atomic E-state index is 0.0447. The van der Waals surface area contributed by atoms with Crippen molar-refractivity contribution in [2.24, 2.45) is 5.10 Å². The molecule has 0 saturated carbocycles. The van der Waals surface area contributed by atoms with Gasteiger partial charge in [0.2, 0.25) is 0 Å². The average Bonchev–Trinajstić information content (AvgIpc) is 3.02. The van der Waals surface area contributed by atoms with Crippen molar-refractivity contribution < 1.29 is 27.4 Å². The summed E-state index contributed by atoms with van der Waals surface area (Å²) in [5.74, 6) is -0.0805. The Labute approximate surface area is 275 Å². The van der Waals surface area contributed by atoms with Gasteiger partial charge in [-0.3, -0.25) is 9.59 Å². The summed E-state index contributed by atoms with van der Waals surface area (Å²) in [4.78, 5) is 30.5. The molecular formula is C31H20Br2ClF3N4O4. The highest BCUT2D eigenvalue weighted by Crippen LogP contribution is 2.42. The molecule has 14 heteroatoms. The van der Waals surface area contributed by atoms with E-state index in [1.54, 1.807) is 54.6 Å². The molecule has 5 aromatic rings. The Morgan fingerprint density at radius 1 is 1.04 bits per heavy atom. The smallest absolute Gasteiger partial charge is 0.416 e. The molecule has 0 aliphatic heterocycles. The molecule has 1 heterocycles. The zero-order valence-electron chi connectivity index (χ0n) is 23.0. The summed E-state index contributed by atoms with van der Waals surface area (Å²) in [6.45, 7) is -0.351. The number of hydrogen-bond donors (Lipinski definition) is 1. The largest absolute Gasteiger partial charge is 0.493 e. The van der Waals surface area contributed by atoms with Crippen LogP contribution in [0.3, 0.4) is 0 Å². The van der Waals surface area contributed by atoms with Crippen molar-refractivity contribution in [3.8, 4) is 22.9 Å². The lowest BCUT2D eigenvalue weighted by atomic mass is 10.1. The predicted molar refractivity (Wildman–Crippen MR) is 173 cm³/mol. The Bertz CT molecular complexity index is 2000. The van der Waals surface area contributed by atoms with Gasteiger partial charge in [0.05, 0.1) is 34.3 Å². The van der Waals surface area contributed by atoms with Crippen LogP contribution in [0.1, 0.15) is 11.1 Å². The van der Waals surface area contributed by atoms with Gasteiger partial charge >= 0.3 is 6.18 Å². The summed E-state index contributed by atoms with van der Waals surface area (Å²) in [6.07, 6.45) is -3.28. The first-order valence-corrected chi connectivity index (χ1v) is 14.9. The Hall–Kier alpha value is -4.20. The summed E-state index contributed by atoms with van der Waals surface area (Å²) in [5, 5.41) is 7.79. The van der Waals surface area contributed by atoms with Gasteiger partial charge in [-0.1, -0.05) is 35.9 Å². The summed E-state index contributed by atoms with van der Waals surface area (Å²) < 4.78 is 53.5. The number of hydrogen-bond acceptors (Lipinski definition) is 6. The van der Waals surface area contributed by atoms with Gasteiger partial charge in [0.1, 0.15) is 0 Å². The van der Waals surface area contributed by atoms with Crippen LogP contribution in [0.5, 0.6) is 11.5 Å². The second-order valence-electron chi connectivity index (χ2n) is 9.36. The SMILES string of the molecule is COc1cc(C=Nn2c(-c3cccc(C(F)(F)F)c3)nc3ccccc3c2=O)c(Br)c(Br)c1OCC(=O)Nc1ccc(Cl)cc1. The normalized spacial score (nSPS) is 11.6. The fourth-order valence-corrected chi connectivity index (χ4v) is 5.29. The highest BCUT2D eigenvalue weighted by Gasteiger charge is 2.31. The molecule has 230 valence electrons. The van der Waals surface area contributed by atoms with E-state index in [2.05, 4.69) is 47.3 Å². The molecule has 0 fully saturated rings. The molecule has 5 rings (SSSR count). The minimum Gasteiger partial charge on any atom is -0.493 e. The summed E-state index contributed by atoms with van der Waals surface area (Å²) in [5.41, 5.74) is -0.192. The van der Waals surface area contributed by atoms with Gasteiger partial charge in [-0.25, -0.2) is 4.98 Å². The fraction of sp³-hybridized carbons (Fsp3) is 0.0968. The number of aromatic nitrogens is 2. The molecule has 1 amide bonds. The van der Waals surface area contributed by atoms with Crippen molar-refractivity contribution in [1.29, 1.82) is 0 Å². The van der Waals surface area contributed by atoms with E-state index in [4.69, 9.17) is 21.1 Å². The quantitative estimate of drug-likeness (QED) is 0.161. The molecule has 45 heavy (non-hydrogen) atoms. The molecule has 0 saturated heterocycles. The van der Waals surface area contributed by atoms with Crippen molar-refractivity contribution in [2.75, 3.05) is 19.0 Å². The first-order chi connectivity index (χ1) is 21.5. The lowest BCUT2D eigenvalue weighted by Gasteiger charge is -2.15. The molecule has 1 aromatic heterocycles. The lowest BCUT2D eigenvalue weighted by molar-refractivity contribution is -0.137. The molecule has 0 aliphatic rings. The number of rotatable bonds is 8. The maximum absolute atomic E-state index is 13.5. The van der Waals surface area contributed by atoms with Crippen LogP contribution < -0.4 is 20.3 Å². The fourth-order valence-electron chi connectivity index (χ4n) is 4.22. The molecule has 0 radical (unpaired) electrons. The highest BCUT2D eigenvalue weighted by atomic mass is 79.9. The van der Waals surface area contributed by atoms with Crippen LogP contribution in [0.15, 0.2) is 97.7 Å².